The lowest BCUT2D eigenvalue weighted by atomic mass is 9.73. The molecular formula is C23H22FNO4. The Morgan fingerprint density at radius 3 is 2.41 bits per heavy atom. The summed E-state index contributed by atoms with van der Waals surface area (Å²) in [6.45, 7) is 0. The van der Waals surface area contributed by atoms with Gasteiger partial charge in [0.2, 0.25) is 5.91 Å². The first kappa shape index (κ1) is 19.2. The van der Waals surface area contributed by atoms with E-state index >= 15 is 0 Å². The molecule has 1 aliphatic heterocycles. The van der Waals surface area contributed by atoms with Crippen LogP contribution in [0.25, 0.3) is 0 Å². The van der Waals surface area contributed by atoms with Crippen molar-refractivity contribution in [2.45, 2.75) is 31.1 Å². The van der Waals surface area contributed by atoms with Crippen LogP contribution in [0.2, 0.25) is 0 Å². The summed E-state index contributed by atoms with van der Waals surface area (Å²) in [4.78, 5) is 25.6. The highest BCUT2D eigenvalue weighted by Crippen LogP contribution is 2.45. The number of rotatable bonds is 4. The Balaban J connectivity index is 1.73. The number of nitrogens with one attached hydrogen (secondary N) is 1. The van der Waals surface area contributed by atoms with Crippen molar-refractivity contribution in [2.24, 2.45) is 0 Å². The molecule has 5 nitrogen and oxygen atoms in total. The number of Topliss-reactive ketones (excluding diaryl/α,β-unsaturated/α-hetero) is 1. The summed E-state index contributed by atoms with van der Waals surface area (Å²) < 4.78 is 24.0. The summed E-state index contributed by atoms with van der Waals surface area (Å²) in [6.07, 6.45) is 1.05. The molecular weight excluding hydrogens is 373 g/mol. The second-order valence-corrected chi connectivity index (χ2v) is 7.38. The third kappa shape index (κ3) is 3.62. The molecule has 1 heterocycles. The van der Waals surface area contributed by atoms with Crippen LogP contribution in [0.5, 0.6) is 11.5 Å². The fourth-order valence-electron chi connectivity index (χ4n) is 4.30. The maximum atomic E-state index is 13.3. The number of ketones is 1. The normalized spacial score (nSPS) is 21.5. The van der Waals surface area contributed by atoms with Gasteiger partial charge in [-0.1, -0.05) is 18.2 Å². The molecule has 1 N–H and O–H groups in total. The third-order valence-corrected chi connectivity index (χ3v) is 5.69. The fraction of sp³-hybridized carbons (Fsp3) is 0.304. The zero-order valence-corrected chi connectivity index (χ0v) is 16.3. The van der Waals surface area contributed by atoms with E-state index in [-0.39, 0.29) is 35.8 Å². The Hall–Kier alpha value is -3.15. The number of hydrogen-bond acceptors (Lipinski definition) is 4. The smallest absolute Gasteiger partial charge is 0.225 e. The molecule has 1 amide bonds. The van der Waals surface area contributed by atoms with Crippen molar-refractivity contribution in [3.63, 3.8) is 0 Å². The molecule has 29 heavy (non-hydrogen) atoms. The maximum absolute atomic E-state index is 13.3. The van der Waals surface area contributed by atoms with Crippen LogP contribution in [0.4, 0.5) is 4.39 Å². The lowest BCUT2D eigenvalue weighted by Crippen LogP contribution is -2.38. The number of hydrogen-bond donors (Lipinski definition) is 1. The van der Waals surface area contributed by atoms with Gasteiger partial charge in [-0.3, -0.25) is 9.59 Å². The Labute approximate surface area is 168 Å². The second-order valence-electron chi connectivity index (χ2n) is 7.38. The minimum absolute atomic E-state index is 0.00319. The number of methoxy groups -OCH3 is 2. The monoisotopic (exact) mass is 395 g/mol. The molecule has 0 saturated heterocycles. The molecule has 0 saturated carbocycles. The predicted octanol–water partition coefficient (Wildman–Crippen LogP) is 3.85. The standard InChI is InChI=1S/C23H22FNO4/c1-28-16-7-8-17(21(11-16)29-2)18-12-22(27)25-19-9-14(10-20(26)23(18)19)13-3-5-15(24)6-4-13/h3-8,11,14,18H,9-10,12H2,1-2H3,(H,25,27)/t14-,18+/m0/s1. The summed E-state index contributed by atoms with van der Waals surface area (Å²) in [5.74, 6) is 0.353. The Morgan fingerprint density at radius 2 is 1.72 bits per heavy atom. The average Bonchev–Trinajstić information content (AvgIpc) is 2.72. The summed E-state index contributed by atoms with van der Waals surface area (Å²) >= 11 is 0. The largest absolute Gasteiger partial charge is 0.497 e. The van der Waals surface area contributed by atoms with Crippen LogP contribution < -0.4 is 14.8 Å². The maximum Gasteiger partial charge on any atom is 0.225 e. The highest BCUT2D eigenvalue weighted by molar-refractivity contribution is 6.02. The minimum Gasteiger partial charge on any atom is -0.497 e. The lowest BCUT2D eigenvalue weighted by Gasteiger charge is -2.35. The van der Waals surface area contributed by atoms with Crippen LogP contribution in [0.3, 0.4) is 0 Å². The zero-order valence-electron chi connectivity index (χ0n) is 16.3. The first-order chi connectivity index (χ1) is 14.0. The van der Waals surface area contributed by atoms with Crippen LogP contribution in [-0.2, 0) is 9.59 Å². The van der Waals surface area contributed by atoms with Crippen LogP contribution in [0, 0.1) is 5.82 Å². The Bertz CT molecular complexity index is 996. The molecule has 150 valence electrons. The lowest BCUT2D eigenvalue weighted by molar-refractivity contribution is -0.122. The number of carbonyl (C=O) groups excluding carboxylic acids is 2. The molecule has 6 heteroatoms. The van der Waals surface area contributed by atoms with Gasteiger partial charge in [-0.25, -0.2) is 4.39 Å². The number of ether oxygens (including phenoxy) is 2. The molecule has 0 spiro atoms. The van der Waals surface area contributed by atoms with E-state index in [1.54, 1.807) is 38.5 Å². The average molecular weight is 395 g/mol. The molecule has 0 bridgehead atoms. The van der Waals surface area contributed by atoms with Crippen LogP contribution >= 0.6 is 0 Å². The van der Waals surface area contributed by atoms with Crippen molar-refractivity contribution in [2.75, 3.05) is 14.2 Å². The predicted molar refractivity (Wildman–Crippen MR) is 105 cm³/mol. The molecule has 2 aliphatic rings. The van der Waals surface area contributed by atoms with Gasteiger partial charge in [-0.15, -0.1) is 0 Å². The van der Waals surface area contributed by atoms with Crippen molar-refractivity contribution >= 4 is 11.7 Å². The van der Waals surface area contributed by atoms with Crippen molar-refractivity contribution in [3.05, 3.63) is 70.7 Å². The van der Waals surface area contributed by atoms with Gasteiger partial charge >= 0.3 is 0 Å². The quantitative estimate of drug-likeness (QED) is 0.854. The summed E-state index contributed by atoms with van der Waals surface area (Å²) in [7, 11) is 3.13. The van der Waals surface area contributed by atoms with Crippen LogP contribution in [0.15, 0.2) is 53.7 Å². The highest BCUT2D eigenvalue weighted by atomic mass is 19.1. The number of benzene rings is 2. The minimum atomic E-state index is -0.360. The van der Waals surface area contributed by atoms with Crippen molar-refractivity contribution < 1.29 is 23.5 Å². The van der Waals surface area contributed by atoms with Crippen LogP contribution in [0.1, 0.15) is 42.2 Å². The van der Waals surface area contributed by atoms with Gasteiger partial charge in [0.05, 0.1) is 14.2 Å². The van der Waals surface area contributed by atoms with Crippen LogP contribution in [-0.4, -0.2) is 25.9 Å². The number of amides is 1. The van der Waals surface area contributed by atoms with Crippen molar-refractivity contribution in [3.8, 4) is 11.5 Å². The zero-order chi connectivity index (χ0) is 20.5. The van der Waals surface area contributed by atoms with E-state index in [2.05, 4.69) is 5.32 Å². The van der Waals surface area contributed by atoms with E-state index < -0.39 is 0 Å². The van der Waals surface area contributed by atoms with Crippen molar-refractivity contribution in [1.29, 1.82) is 0 Å². The van der Waals surface area contributed by atoms with Gasteiger partial charge in [0, 0.05) is 41.7 Å². The van der Waals surface area contributed by atoms with E-state index in [1.807, 2.05) is 6.07 Å². The molecule has 4 rings (SSSR count). The van der Waals surface area contributed by atoms with E-state index in [4.69, 9.17) is 9.47 Å². The van der Waals surface area contributed by atoms with Crippen molar-refractivity contribution in [1.82, 2.24) is 5.32 Å². The molecule has 0 fully saturated rings. The SMILES string of the molecule is COc1ccc([C@H]2CC(=O)NC3=C2C(=O)C[C@@H](c2ccc(F)cc2)C3)c(OC)c1. The summed E-state index contributed by atoms with van der Waals surface area (Å²) in [5.41, 5.74) is 3.00. The van der Waals surface area contributed by atoms with E-state index in [0.717, 1.165) is 11.1 Å². The first-order valence-corrected chi connectivity index (χ1v) is 9.53. The van der Waals surface area contributed by atoms with Gasteiger partial charge < -0.3 is 14.8 Å². The molecule has 0 aromatic heterocycles. The topological polar surface area (TPSA) is 64.6 Å². The highest BCUT2D eigenvalue weighted by Gasteiger charge is 2.39. The van der Waals surface area contributed by atoms with E-state index in [0.29, 0.717) is 35.6 Å². The van der Waals surface area contributed by atoms with Gasteiger partial charge in [0.15, 0.2) is 5.78 Å². The number of halogens is 1. The first-order valence-electron chi connectivity index (χ1n) is 9.53. The van der Waals surface area contributed by atoms with Gasteiger partial charge in [0.25, 0.3) is 0 Å². The molecule has 0 radical (unpaired) electrons. The van der Waals surface area contributed by atoms with Gasteiger partial charge in [-0.05, 0) is 36.1 Å². The third-order valence-electron chi connectivity index (χ3n) is 5.69. The Kier molecular flexibility index (Phi) is 5.09. The van der Waals surface area contributed by atoms with Gasteiger partial charge in [0.1, 0.15) is 17.3 Å². The summed E-state index contributed by atoms with van der Waals surface area (Å²) in [5, 5.41) is 2.90. The molecule has 2 aromatic rings. The summed E-state index contributed by atoms with van der Waals surface area (Å²) in [6, 6.07) is 11.6. The Morgan fingerprint density at radius 1 is 0.966 bits per heavy atom. The number of carbonyl (C=O) groups is 2. The van der Waals surface area contributed by atoms with E-state index in [9.17, 15) is 14.0 Å². The molecule has 2 atom stereocenters. The number of allylic oxidation sites excluding steroid dienone is 2. The van der Waals surface area contributed by atoms with Gasteiger partial charge in [-0.2, -0.15) is 0 Å². The molecule has 0 unspecified atom stereocenters. The fourth-order valence-corrected chi connectivity index (χ4v) is 4.30. The molecule has 2 aromatic carbocycles. The molecule has 1 aliphatic carbocycles. The van der Waals surface area contributed by atoms with E-state index in [1.165, 1.54) is 12.1 Å². The second kappa shape index (κ2) is 7.70.